The Kier molecular flexibility index (Phi) is 7.36. The zero-order valence-corrected chi connectivity index (χ0v) is 12.6. The number of rotatable bonds is 9. The average Bonchev–Trinajstić information content (AvgIpc) is 2.88. The summed E-state index contributed by atoms with van der Waals surface area (Å²) in [7, 11) is 0. The molecule has 21 heavy (non-hydrogen) atoms. The normalized spacial score (nSPS) is 12.1. The molecule has 0 spiro atoms. The minimum Gasteiger partial charge on any atom is -0.481 e. The zero-order chi connectivity index (χ0) is 15.7. The van der Waals surface area contributed by atoms with E-state index in [1.807, 2.05) is 19.9 Å². The van der Waals surface area contributed by atoms with E-state index in [1.54, 1.807) is 12.3 Å². The first-order valence-electron chi connectivity index (χ1n) is 7.23. The number of hydrogen-bond acceptors (Lipinski definition) is 3. The number of urea groups is 1. The van der Waals surface area contributed by atoms with Gasteiger partial charge in [-0.1, -0.05) is 13.8 Å². The van der Waals surface area contributed by atoms with Crippen molar-refractivity contribution >= 4 is 12.0 Å². The van der Waals surface area contributed by atoms with E-state index >= 15 is 0 Å². The molecule has 6 heteroatoms. The Morgan fingerprint density at radius 1 is 1.33 bits per heavy atom. The van der Waals surface area contributed by atoms with Crippen LogP contribution in [0, 0.1) is 11.8 Å². The van der Waals surface area contributed by atoms with Crippen LogP contribution < -0.4 is 10.6 Å². The fraction of sp³-hybridized carbons (Fsp3) is 0.600. The van der Waals surface area contributed by atoms with E-state index in [-0.39, 0.29) is 18.4 Å². The third kappa shape index (κ3) is 8.02. The second kappa shape index (κ2) is 9.05. The number of carboxylic acid groups (broad SMARTS) is 1. The molecule has 0 aliphatic heterocycles. The van der Waals surface area contributed by atoms with Crippen molar-refractivity contribution in [3.8, 4) is 0 Å². The highest BCUT2D eigenvalue weighted by atomic mass is 16.4. The molecule has 0 aliphatic rings. The second-order valence-electron chi connectivity index (χ2n) is 5.56. The number of carbonyl (C=O) groups excluding carboxylic acids is 1. The van der Waals surface area contributed by atoms with E-state index < -0.39 is 5.97 Å². The minimum absolute atomic E-state index is 0.0432. The first kappa shape index (κ1) is 17.1. The van der Waals surface area contributed by atoms with Crippen LogP contribution in [0.3, 0.4) is 0 Å². The van der Waals surface area contributed by atoms with Crippen LogP contribution in [0.4, 0.5) is 4.79 Å². The summed E-state index contributed by atoms with van der Waals surface area (Å²) >= 11 is 0. The molecule has 0 radical (unpaired) electrons. The molecular formula is C15H24N2O4. The lowest BCUT2D eigenvalue weighted by atomic mass is 9.94. The Morgan fingerprint density at radius 3 is 2.67 bits per heavy atom. The van der Waals surface area contributed by atoms with Gasteiger partial charge in [0.15, 0.2) is 0 Å². The highest BCUT2D eigenvalue weighted by Gasteiger charge is 2.15. The predicted molar refractivity (Wildman–Crippen MR) is 79.0 cm³/mol. The van der Waals surface area contributed by atoms with Gasteiger partial charge in [-0.15, -0.1) is 0 Å². The summed E-state index contributed by atoms with van der Waals surface area (Å²) in [5.41, 5.74) is 0. The number of carbonyl (C=O) groups is 2. The lowest BCUT2D eigenvalue weighted by Crippen LogP contribution is -2.39. The van der Waals surface area contributed by atoms with E-state index in [9.17, 15) is 9.59 Å². The van der Waals surface area contributed by atoms with Gasteiger partial charge in [-0.05, 0) is 30.4 Å². The molecule has 0 unspecified atom stereocenters. The topological polar surface area (TPSA) is 91.6 Å². The molecule has 1 heterocycles. The van der Waals surface area contributed by atoms with Crippen molar-refractivity contribution in [3.63, 3.8) is 0 Å². The summed E-state index contributed by atoms with van der Waals surface area (Å²) in [6.45, 7) is 4.93. The summed E-state index contributed by atoms with van der Waals surface area (Å²) < 4.78 is 5.16. The van der Waals surface area contributed by atoms with Gasteiger partial charge < -0.3 is 20.2 Å². The molecule has 1 rings (SSSR count). The van der Waals surface area contributed by atoms with Crippen LogP contribution in [0.15, 0.2) is 22.8 Å². The van der Waals surface area contributed by atoms with Crippen molar-refractivity contribution in [1.29, 1.82) is 0 Å². The molecule has 0 saturated heterocycles. The summed E-state index contributed by atoms with van der Waals surface area (Å²) in [4.78, 5) is 22.4. The molecule has 1 aromatic rings. The minimum atomic E-state index is -0.833. The number of hydrogen-bond donors (Lipinski definition) is 3. The number of nitrogens with one attached hydrogen (secondary N) is 2. The Balaban J connectivity index is 2.23. The van der Waals surface area contributed by atoms with E-state index in [0.717, 1.165) is 12.2 Å². The van der Waals surface area contributed by atoms with Crippen LogP contribution >= 0.6 is 0 Å². The Bertz CT molecular complexity index is 429. The first-order valence-corrected chi connectivity index (χ1v) is 7.23. The van der Waals surface area contributed by atoms with Gasteiger partial charge in [0.2, 0.25) is 0 Å². The molecule has 0 aromatic carbocycles. The van der Waals surface area contributed by atoms with Gasteiger partial charge in [-0.2, -0.15) is 0 Å². The smallest absolute Gasteiger partial charge is 0.314 e. The van der Waals surface area contributed by atoms with Crippen molar-refractivity contribution in [2.24, 2.45) is 11.8 Å². The Labute approximate surface area is 124 Å². The molecule has 0 saturated carbocycles. The van der Waals surface area contributed by atoms with Gasteiger partial charge in [-0.25, -0.2) is 4.79 Å². The number of furan rings is 1. The van der Waals surface area contributed by atoms with Gasteiger partial charge in [0.05, 0.1) is 6.26 Å². The van der Waals surface area contributed by atoms with Crippen molar-refractivity contribution < 1.29 is 19.1 Å². The quantitative estimate of drug-likeness (QED) is 0.652. The van der Waals surface area contributed by atoms with E-state index in [0.29, 0.717) is 25.4 Å². The summed E-state index contributed by atoms with van der Waals surface area (Å²) in [6.07, 6.45) is 3.08. The number of carboxylic acids is 1. The highest BCUT2D eigenvalue weighted by Crippen LogP contribution is 2.14. The maximum Gasteiger partial charge on any atom is 0.314 e. The molecule has 0 aliphatic carbocycles. The fourth-order valence-corrected chi connectivity index (χ4v) is 2.21. The maximum atomic E-state index is 11.6. The lowest BCUT2D eigenvalue weighted by molar-refractivity contribution is -0.138. The molecule has 2 amide bonds. The molecule has 1 aromatic heterocycles. The van der Waals surface area contributed by atoms with Crippen molar-refractivity contribution in [3.05, 3.63) is 24.2 Å². The summed E-state index contributed by atoms with van der Waals surface area (Å²) in [6, 6.07) is 3.38. The van der Waals surface area contributed by atoms with E-state index in [1.165, 1.54) is 0 Å². The van der Waals surface area contributed by atoms with Crippen molar-refractivity contribution in [2.45, 2.75) is 33.1 Å². The van der Waals surface area contributed by atoms with Gasteiger partial charge in [0.25, 0.3) is 0 Å². The van der Waals surface area contributed by atoms with Gasteiger partial charge in [0, 0.05) is 25.9 Å². The molecule has 1 atom stereocenters. The average molecular weight is 296 g/mol. The molecule has 0 fully saturated rings. The third-order valence-corrected chi connectivity index (χ3v) is 3.06. The highest BCUT2D eigenvalue weighted by molar-refractivity contribution is 5.74. The van der Waals surface area contributed by atoms with Gasteiger partial charge in [0.1, 0.15) is 5.76 Å². The predicted octanol–water partition coefficient (Wildman–Crippen LogP) is 2.26. The SMILES string of the molecule is CC(C)C[C@H](CNC(=O)NCCc1ccco1)CC(=O)O. The van der Waals surface area contributed by atoms with Crippen LogP contribution in [-0.4, -0.2) is 30.2 Å². The van der Waals surface area contributed by atoms with Crippen molar-refractivity contribution in [2.75, 3.05) is 13.1 Å². The van der Waals surface area contributed by atoms with Crippen LogP contribution in [0.2, 0.25) is 0 Å². The van der Waals surface area contributed by atoms with Crippen LogP contribution in [-0.2, 0) is 11.2 Å². The van der Waals surface area contributed by atoms with Gasteiger partial charge >= 0.3 is 12.0 Å². The third-order valence-electron chi connectivity index (χ3n) is 3.06. The van der Waals surface area contributed by atoms with Crippen LogP contribution in [0.25, 0.3) is 0 Å². The maximum absolute atomic E-state index is 11.6. The second-order valence-corrected chi connectivity index (χ2v) is 5.56. The molecule has 3 N–H and O–H groups in total. The lowest BCUT2D eigenvalue weighted by Gasteiger charge is -2.18. The largest absolute Gasteiger partial charge is 0.481 e. The van der Waals surface area contributed by atoms with E-state index in [4.69, 9.17) is 9.52 Å². The molecule has 118 valence electrons. The zero-order valence-electron chi connectivity index (χ0n) is 12.6. The van der Waals surface area contributed by atoms with Gasteiger partial charge in [-0.3, -0.25) is 4.79 Å². The standard InChI is InChI=1S/C15H24N2O4/c1-11(2)8-12(9-14(18)19)10-17-15(20)16-6-5-13-4-3-7-21-13/h3-4,7,11-12H,5-6,8-10H2,1-2H3,(H,18,19)(H2,16,17,20)/t12-/m0/s1. The molecular weight excluding hydrogens is 272 g/mol. The van der Waals surface area contributed by atoms with Crippen LogP contribution in [0.5, 0.6) is 0 Å². The monoisotopic (exact) mass is 296 g/mol. The summed E-state index contributed by atoms with van der Waals surface area (Å²) in [5.74, 6) is 0.344. The van der Waals surface area contributed by atoms with Crippen molar-refractivity contribution in [1.82, 2.24) is 10.6 Å². The molecule has 6 nitrogen and oxygen atoms in total. The number of aliphatic carboxylic acids is 1. The van der Waals surface area contributed by atoms with Crippen LogP contribution in [0.1, 0.15) is 32.4 Å². The first-order chi connectivity index (χ1) is 9.97. The number of amides is 2. The molecule has 0 bridgehead atoms. The van der Waals surface area contributed by atoms with E-state index in [2.05, 4.69) is 10.6 Å². The Hall–Kier alpha value is -1.98. The summed E-state index contributed by atoms with van der Waals surface area (Å²) in [5, 5.41) is 14.3. The Morgan fingerprint density at radius 2 is 2.10 bits per heavy atom. The fourth-order valence-electron chi connectivity index (χ4n) is 2.21.